The molecule has 1 heterocycles. The summed E-state index contributed by atoms with van der Waals surface area (Å²) in [6.45, 7) is 6.60. The van der Waals surface area contributed by atoms with E-state index in [1.165, 1.54) is 0 Å². The standard InChI is InChI=1S/C29H35NO3SSi/c1-24-17-19-26(20-18-24)34(31,32)30-23-11-10-12-25(30)21-22-29(2,3)35(33,27-13-6-4-7-14-27)28-15-8-5-9-16-28/h4-11,13-20,25,33H,12,21-23H2,1-3H3. The van der Waals surface area contributed by atoms with Crippen LogP contribution in [0.4, 0.5) is 0 Å². The van der Waals surface area contributed by atoms with Crippen LogP contribution in [0.1, 0.15) is 38.7 Å². The van der Waals surface area contributed by atoms with Crippen molar-refractivity contribution in [3.8, 4) is 0 Å². The SMILES string of the molecule is Cc1ccc(S(=O)(=O)N2CC=CCC2CCC(C)(C)[Si](O)(c2ccccc2)c2ccccc2)cc1. The quantitative estimate of drug-likeness (QED) is 0.359. The van der Waals surface area contributed by atoms with Crippen molar-refractivity contribution in [2.24, 2.45) is 0 Å². The summed E-state index contributed by atoms with van der Waals surface area (Å²) in [5.41, 5.74) is 1.03. The molecule has 1 atom stereocenters. The zero-order valence-electron chi connectivity index (χ0n) is 20.8. The van der Waals surface area contributed by atoms with Gasteiger partial charge in [0.2, 0.25) is 10.0 Å². The number of rotatable bonds is 8. The van der Waals surface area contributed by atoms with Crippen LogP contribution in [-0.4, -0.2) is 38.4 Å². The normalized spacial score (nSPS) is 17.4. The second kappa shape index (κ2) is 10.2. The summed E-state index contributed by atoms with van der Waals surface area (Å²) in [5.74, 6) is 0. The van der Waals surface area contributed by atoms with Gasteiger partial charge in [0.05, 0.1) is 4.90 Å². The van der Waals surface area contributed by atoms with Crippen molar-refractivity contribution < 1.29 is 13.2 Å². The van der Waals surface area contributed by atoms with Gasteiger partial charge in [-0.1, -0.05) is 104 Å². The van der Waals surface area contributed by atoms with Gasteiger partial charge in [-0.05, 0) is 53.7 Å². The van der Waals surface area contributed by atoms with Crippen LogP contribution in [0.5, 0.6) is 0 Å². The van der Waals surface area contributed by atoms with Crippen molar-refractivity contribution in [3.63, 3.8) is 0 Å². The Labute approximate surface area is 211 Å². The summed E-state index contributed by atoms with van der Waals surface area (Å²) in [5, 5.41) is 1.53. The van der Waals surface area contributed by atoms with Gasteiger partial charge in [-0.2, -0.15) is 4.31 Å². The van der Waals surface area contributed by atoms with Crippen molar-refractivity contribution >= 4 is 28.7 Å². The van der Waals surface area contributed by atoms with Crippen molar-refractivity contribution in [3.05, 3.63) is 103 Å². The van der Waals surface area contributed by atoms with Gasteiger partial charge in [0.15, 0.2) is 0 Å². The van der Waals surface area contributed by atoms with E-state index in [2.05, 4.69) is 19.9 Å². The molecule has 0 bridgehead atoms. The molecular formula is C29H35NO3SSi. The fourth-order valence-corrected chi connectivity index (χ4v) is 10.5. The Bertz CT molecular complexity index is 1220. The maximum Gasteiger partial charge on any atom is 0.258 e. The van der Waals surface area contributed by atoms with Gasteiger partial charge < -0.3 is 4.80 Å². The Hall–Kier alpha value is -2.51. The number of benzene rings is 3. The smallest absolute Gasteiger partial charge is 0.258 e. The fraction of sp³-hybridized carbons (Fsp3) is 0.310. The zero-order valence-corrected chi connectivity index (χ0v) is 22.6. The molecule has 0 radical (unpaired) electrons. The maximum atomic E-state index is 13.5. The molecule has 3 aromatic carbocycles. The predicted octanol–water partition coefficient (Wildman–Crippen LogP) is 4.63. The monoisotopic (exact) mass is 505 g/mol. The first kappa shape index (κ1) is 25.6. The molecule has 0 spiro atoms. The lowest BCUT2D eigenvalue weighted by molar-refractivity contribution is 0.297. The highest BCUT2D eigenvalue weighted by Gasteiger charge is 2.50. The van der Waals surface area contributed by atoms with Crippen molar-refractivity contribution in [1.82, 2.24) is 4.31 Å². The minimum Gasteiger partial charge on any atom is -0.424 e. The molecule has 0 aromatic heterocycles. The van der Waals surface area contributed by atoms with E-state index in [-0.39, 0.29) is 6.04 Å². The minimum atomic E-state index is -3.60. The van der Waals surface area contributed by atoms with Crippen molar-refractivity contribution in [2.75, 3.05) is 6.54 Å². The van der Waals surface area contributed by atoms with Gasteiger partial charge in [-0.25, -0.2) is 8.42 Å². The highest BCUT2D eigenvalue weighted by molar-refractivity contribution is 7.89. The molecule has 35 heavy (non-hydrogen) atoms. The first-order valence-corrected chi connectivity index (χ1v) is 15.6. The zero-order chi connectivity index (χ0) is 25.1. The van der Waals surface area contributed by atoms with E-state index in [0.717, 1.165) is 15.9 Å². The van der Waals surface area contributed by atoms with Gasteiger partial charge in [-0.3, -0.25) is 0 Å². The van der Waals surface area contributed by atoms with Gasteiger partial charge in [0.25, 0.3) is 8.32 Å². The molecule has 0 saturated heterocycles. The summed E-state index contributed by atoms with van der Waals surface area (Å²) in [4.78, 5) is 12.8. The van der Waals surface area contributed by atoms with Crippen LogP contribution in [0.3, 0.4) is 0 Å². The van der Waals surface area contributed by atoms with Crippen LogP contribution in [0.2, 0.25) is 5.04 Å². The van der Waals surface area contributed by atoms with Crippen LogP contribution >= 0.6 is 0 Å². The summed E-state index contributed by atoms with van der Waals surface area (Å²) >= 11 is 0. The van der Waals surface area contributed by atoms with Crippen LogP contribution in [-0.2, 0) is 10.0 Å². The van der Waals surface area contributed by atoms with Gasteiger partial charge in [0, 0.05) is 12.6 Å². The van der Waals surface area contributed by atoms with Gasteiger partial charge >= 0.3 is 0 Å². The van der Waals surface area contributed by atoms with E-state index in [9.17, 15) is 13.2 Å². The highest BCUT2D eigenvalue weighted by Crippen LogP contribution is 2.41. The van der Waals surface area contributed by atoms with Gasteiger partial charge in [-0.15, -0.1) is 0 Å². The number of sulfonamides is 1. The number of hydrogen-bond donors (Lipinski definition) is 1. The molecule has 1 N–H and O–H groups in total. The van der Waals surface area contributed by atoms with Crippen molar-refractivity contribution in [2.45, 2.75) is 56.0 Å². The number of aryl methyl sites for hydroxylation is 1. The third-order valence-electron chi connectivity index (χ3n) is 7.36. The van der Waals surface area contributed by atoms with E-state index < -0.39 is 23.4 Å². The molecule has 0 amide bonds. The van der Waals surface area contributed by atoms with Crippen LogP contribution in [0.15, 0.2) is 102 Å². The Morgan fingerprint density at radius 2 is 1.43 bits per heavy atom. The van der Waals surface area contributed by atoms with Crippen molar-refractivity contribution in [1.29, 1.82) is 0 Å². The molecule has 0 fully saturated rings. The van der Waals surface area contributed by atoms with E-state index >= 15 is 0 Å². The highest BCUT2D eigenvalue weighted by atomic mass is 32.2. The Kier molecular flexibility index (Phi) is 7.48. The Morgan fingerprint density at radius 3 is 1.97 bits per heavy atom. The third-order valence-corrected chi connectivity index (χ3v) is 13.8. The lowest BCUT2D eigenvalue weighted by Crippen LogP contribution is -2.65. The van der Waals surface area contributed by atoms with Crippen LogP contribution < -0.4 is 10.4 Å². The van der Waals surface area contributed by atoms with E-state index in [1.54, 1.807) is 16.4 Å². The lowest BCUT2D eigenvalue weighted by atomic mass is 9.98. The molecule has 0 aliphatic carbocycles. The van der Waals surface area contributed by atoms with E-state index in [4.69, 9.17) is 0 Å². The predicted molar refractivity (Wildman–Crippen MR) is 146 cm³/mol. The maximum absolute atomic E-state index is 13.5. The van der Waals surface area contributed by atoms with E-state index in [1.807, 2.05) is 85.8 Å². The lowest BCUT2D eigenvalue weighted by Gasteiger charge is -2.43. The molecular weight excluding hydrogens is 470 g/mol. The Balaban J connectivity index is 1.63. The fourth-order valence-electron chi connectivity index (χ4n) is 5.12. The average molecular weight is 506 g/mol. The van der Waals surface area contributed by atoms with Crippen LogP contribution in [0.25, 0.3) is 0 Å². The summed E-state index contributed by atoms with van der Waals surface area (Å²) < 4.78 is 28.7. The second-order valence-corrected chi connectivity index (χ2v) is 15.9. The molecule has 4 rings (SSSR count). The topological polar surface area (TPSA) is 57.6 Å². The second-order valence-electron chi connectivity index (χ2n) is 10.1. The number of hydrogen-bond acceptors (Lipinski definition) is 3. The summed E-state index contributed by atoms with van der Waals surface area (Å²) in [6, 6.07) is 26.9. The Morgan fingerprint density at radius 1 is 0.886 bits per heavy atom. The average Bonchev–Trinajstić information content (AvgIpc) is 2.88. The third kappa shape index (κ3) is 5.07. The van der Waals surface area contributed by atoms with Crippen LogP contribution in [0, 0.1) is 6.92 Å². The molecule has 1 aliphatic heterocycles. The largest absolute Gasteiger partial charge is 0.424 e. The minimum absolute atomic E-state index is 0.143. The number of nitrogens with zero attached hydrogens (tertiary/aromatic N) is 1. The molecule has 3 aromatic rings. The summed E-state index contributed by atoms with van der Waals surface area (Å²) in [6.07, 6.45) is 6.08. The molecule has 1 unspecified atom stereocenters. The molecule has 6 heteroatoms. The molecule has 0 saturated carbocycles. The molecule has 4 nitrogen and oxygen atoms in total. The first-order valence-electron chi connectivity index (χ1n) is 12.2. The summed E-state index contributed by atoms with van der Waals surface area (Å²) in [7, 11) is -6.74. The van der Waals surface area contributed by atoms with Gasteiger partial charge in [0.1, 0.15) is 0 Å². The molecule has 184 valence electrons. The van der Waals surface area contributed by atoms with E-state index in [0.29, 0.717) is 30.7 Å². The molecule has 1 aliphatic rings. The first-order chi connectivity index (χ1) is 16.7.